The monoisotopic (exact) mass is 310 g/mol. The normalized spacial score (nSPS) is 13.1. The number of hydrogen-bond donors (Lipinski definition) is 2. The number of hydrogen-bond acceptors (Lipinski definition) is 6. The van der Waals surface area contributed by atoms with Crippen molar-refractivity contribution in [2.45, 2.75) is 31.2 Å². The molecule has 0 bridgehead atoms. The topological polar surface area (TPSA) is 97.1 Å². The van der Waals surface area contributed by atoms with Gasteiger partial charge in [-0.2, -0.15) is 0 Å². The van der Waals surface area contributed by atoms with E-state index in [0.29, 0.717) is 5.89 Å². The van der Waals surface area contributed by atoms with Crippen LogP contribution >= 0.6 is 0 Å². The van der Waals surface area contributed by atoms with E-state index in [9.17, 15) is 8.42 Å². The van der Waals surface area contributed by atoms with Gasteiger partial charge in [0.05, 0.1) is 4.90 Å². The van der Waals surface area contributed by atoms with Crippen LogP contribution in [0.1, 0.15) is 30.8 Å². The maximum Gasteiger partial charge on any atom is 0.329 e. The van der Waals surface area contributed by atoms with E-state index in [1.165, 1.54) is 6.07 Å². The zero-order chi connectivity index (χ0) is 15.5. The molecule has 2 rings (SSSR count). The van der Waals surface area contributed by atoms with Crippen LogP contribution in [0.4, 0.5) is 6.01 Å². The Morgan fingerprint density at radius 2 is 2.10 bits per heavy atom. The lowest BCUT2D eigenvalue weighted by molar-refractivity contribution is 0.534. The van der Waals surface area contributed by atoms with E-state index in [1.54, 1.807) is 19.1 Å². The molecule has 1 unspecified atom stereocenters. The SMILES string of the molecule is CCC(NC)c1cccc(S(=O)(=O)Nc2nnc(C)o2)c1. The van der Waals surface area contributed by atoms with Gasteiger partial charge in [-0.05, 0) is 31.2 Å². The van der Waals surface area contributed by atoms with Gasteiger partial charge in [0.2, 0.25) is 5.89 Å². The highest BCUT2D eigenvalue weighted by Gasteiger charge is 2.19. The summed E-state index contributed by atoms with van der Waals surface area (Å²) in [7, 11) is -1.90. The molecule has 0 saturated heterocycles. The summed E-state index contributed by atoms with van der Waals surface area (Å²) in [5, 5.41) is 10.4. The molecule has 1 aromatic carbocycles. The third kappa shape index (κ3) is 3.59. The van der Waals surface area contributed by atoms with Crippen LogP contribution < -0.4 is 10.0 Å². The van der Waals surface area contributed by atoms with Gasteiger partial charge >= 0.3 is 6.01 Å². The second-order valence-corrected chi connectivity index (χ2v) is 6.24. The van der Waals surface area contributed by atoms with E-state index in [-0.39, 0.29) is 17.0 Å². The van der Waals surface area contributed by atoms with Crippen LogP contribution in [0.5, 0.6) is 0 Å². The maximum atomic E-state index is 12.3. The maximum absolute atomic E-state index is 12.3. The van der Waals surface area contributed by atoms with Crippen LogP contribution in [0.25, 0.3) is 0 Å². The molecule has 8 heteroatoms. The molecular weight excluding hydrogens is 292 g/mol. The molecule has 2 aromatic rings. The minimum absolute atomic E-state index is 0.103. The second-order valence-electron chi connectivity index (χ2n) is 4.55. The quantitative estimate of drug-likeness (QED) is 0.845. The summed E-state index contributed by atoms with van der Waals surface area (Å²) in [6.07, 6.45) is 0.857. The number of aromatic nitrogens is 2. The molecule has 0 amide bonds. The summed E-state index contributed by atoms with van der Waals surface area (Å²) >= 11 is 0. The zero-order valence-electron chi connectivity index (χ0n) is 12.1. The van der Waals surface area contributed by atoms with Crippen LogP contribution in [-0.2, 0) is 10.0 Å². The van der Waals surface area contributed by atoms with E-state index in [1.807, 2.05) is 20.0 Å². The Hall–Kier alpha value is -1.93. The lowest BCUT2D eigenvalue weighted by Crippen LogP contribution is -2.17. The van der Waals surface area contributed by atoms with Gasteiger partial charge in [-0.25, -0.2) is 13.1 Å². The molecule has 0 fully saturated rings. The molecule has 114 valence electrons. The van der Waals surface area contributed by atoms with Crippen molar-refractivity contribution in [2.75, 3.05) is 11.8 Å². The van der Waals surface area contributed by atoms with Gasteiger partial charge in [-0.1, -0.05) is 24.2 Å². The van der Waals surface area contributed by atoms with E-state index in [4.69, 9.17) is 4.42 Å². The van der Waals surface area contributed by atoms with Crippen LogP contribution in [0.2, 0.25) is 0 Å². The van der Waals surface area contributed by atoms with Crippen LogP contribution in [-0.4, -0.2) is 25.7 Å². The Kier molecular flexibility index (Phi) is 4.59. The molecule has 1 aromatic heterocycles. The van der Waals surface area contributed by atoms with Gasteiger partial charge < -0.3 is 9.73 Å². The molecule has 0 saturated carbocycles. The summed E-state index contributed by atoms with van der Waals surface area (Å²) in [5.41, 5.74) is 0.907. The minimum atomic E-state index is -3.75. The van der Waals surface area contributed by atoms with E-state index < -0.39 is 10.0 Å². The summed E-state index contributed by atoms with van der Waals surface area (Å²) in [6.45, 7) is 3.62. The Labute approximate surface area is 123 Å². The summed E-state index contributed by atoms with van der Waals surface area (Å²) < 4.78 is 31.9. The molecule has 1 atom stereocenters. The average molecular weight is 310 g/mol. The minimum Gasteiger partial charge on any atom is -0.408 e. The van der Waals surface area contributed by atoms with Gasteiger partial charge in [0.25, 0.3) is 10.0 Å². The van der Waals surface area contributed by atoms with Crippen LogP contribution in [0.15, 0.2) is 33.6 Å². The molecule has 0 aliphatic heterocycles. The molecule has 0 spiro atoms. The van der Waals surface area contributed by atoms with Gasteiger partial charge in [0.1, 0.15) is 0 Å². The van der Waals surface area contributed by atoms with Crippen molar-refractivity contribution in [3.8, 4) is 0 Å². The van der Waals surface area contributed by atoms with Crippen molar-refractivity contribution in [3.63, 3.8) is 0 Å². The summed E-state index contributed by atoms with van der Waals surface area (Å²) in [5.74, 6) is 0.294. The third-order valence-corrected chi connectivity index (χ3v) is 4.39. The van der Waals surface area contributed by atoms with Crippen LogP contribution in [0.3, 0.4) is 0 Å². The van der Waals surface area contributed by atoms with Crippen molar-refractivity contribution in [1.82, 2.24) is 15.5 Å². The van der Waals surface area contributed by atoms with E-state index in [0.717, 1.165) is 12.0 Å². The van der Waals surface area contributed by atoms with Crippen molar-refractivity contribution < 1.29 is 12.8 Å². The van der Waals surface area contributed by atoms with Crippen molar-refractivity contribution in [1.29, 1.82) is 0 Å². The standard InChI is InChI=1S/C13H18N4O3S/c1-4-12(14-3)10-6-5-7-11(8-10)21(18,19)17-13-16-15-9(2)20-13/h5-8,12,14H,4H2,1-3H3,(H,16,17). The Morgan fingerprint density at radius 1 is 1.33 bits per heavy atom. The highest BCUT2D eigenvalue weighted by molar-refractivity contribution is 7.92. The first-order valence-corrected chi connectivity index (χ1v) is 8.04. The fourth-order valence-electron chi connectivity index (χ4n) is 2.02. The van der Waals surface area contributed by atoms with Crippen molar-refractivity contribution >= 4 is 16.0 Å². The predicted octanol–water partition coefficient (Wildman–Crippen LogP) is 1.85. The Balaban J connectivity index is 2.29. The number of aryl methyl sites for hydroxylation is 1. The third-order valence-electron chi connectivity index (χ3n) is 3.08. The highest BCUT2D eigenvalue weighted by atomic mass is 32.2. The lowest BCUT2D eigenvalue weighted by atomic mass is 10.1. The first-order chi connectivity index (χ1) is 9.96. The highest BCUT2D eigenvalue weighted by Crippen LogP contribution is 2.21. The van der Waals surface area contributed by atoms with E-state index >= 15 is 0 Å². The van der Waals surface area contributed by atoms with Crippen LogP contribution in [0, 0.1) is 6.92 Å². The predicted molar refractivity (Wildman–Crippen MR) is 78.4 cm³/mol. The number of rotatable bonds is 6. The summed E-state index contributed by atoms with van der Waals surface area (Å²) in [4.78, 5) is 0.157. The summed E-state index contributed by atoms with van der Waals surface area (Å²) in [6, 6.07) is 6.72. The largest absolute Gasteiger partial charge is 0.408 e. The van der Waals surface area contributed by atoms with Gasteiger partial charge in [-0.15, -0.1) is 5.10 Å². The zero-order valence-corrected chi connectivity index (χ0v) is 12.9. The number of nitrogens with zero attached hydrogens (tertiary/aromatic N) is 2. The van der Waals surface area contributed by atoms with Crippen molar-refractivity contribution in [3.05, 3.63) is 35.7 Å². The number of nitrogens with one attached hydrogen (secondary N) is 2. The lowest BCUT2D eigenvalue weighted by Gasteiger charge is -2.15. The average Bonchev–Trinajstić information content (AvgIpc) is 2.85. The molecule has 0 aliphatic carbocycles. The number of sulfonamides is 1. The molecule has 1 heterocycles. The van der Waals surface area contributed by atoms with Gasteiger partial charge in [0, 0.05) is 13.0 Å². The second kappa shape index (κ2) is 6.23. The molecule has 21 heavy (non-hydrogen) atoms. The molecule has 0 radical (unpaired) electrons. The molecule has 2 N–H and O–H groups in total. The molecule has 7 nitrogen and oxygen atoms in total. The van der Waals surface area contributed by atoms with Gasteiger partial charge in [0.15, 0.2) is 0 Å². The number of anilines is 1. The fourth-order valence-corrected chi connectivity index (χ4v) is 3.00. The molecule has 0 aliphatic rings. The first kappa shape index (κ1) is 15.5. The molecular formula is C13H18N4O3S. The van der Waals surface area contributed by atoms with E-state index in [2.05, 4.69) is 20.2 Å². The first-order valence-electron chi connectivity index (χ1n) is 6.56. The fraction of sp³-hybridized carbons (Fsp3) is 0.385. The smallest absolute Gasteiger partial charge is 0.329 e. The number of benzene rings is 1. The Bertz CT molecular complexity index is 708. The van der Waals surface area contributed by atoms with Crippen molar-refractivity contribution in [2.24, 2.45) is 0 Å². The Morgan fingerprint density at radius 3 is 2.67 bits per heavy atom. The van der Waals surface area contributed by atoms with Gasteiger partial charge in [-0.3, -0.25) is 0 Å².